The van der Waals surface area contributed by atoms with Crippen LogP contribution in [0.15, 0.2) is 35.8 Å². The van der Waals surface area contributed by atoms with Crippen molar-refractivity contribution in [3.05, 3.63) is 52.0 Å². The normalized spacial score (nSPS) is 14.1. The summed E-state index contributed by atoms with van der Waals surface area (Å²) in [6.45, 7) is 0.389. The lowest BCUT2D eigenvalue weighted by Crippen LogP contribution is -2.31. The molecule has 0 fully saturated rings. The highest BCUT2D eigenvalue weighted by atomic mass is 32.1. The minimum absolute atomic E-state index is 0.202. The Morgan fingerprint density at radius 2 is 1.78 bits per heavy atom. The summed E-state index contributed by atoms with van der Waals surface area (Å²) in [4.78, 5) is 29.6. The lowest BCUT2D eigenvalue weighted by atomic mass is 10.1. The molecule has 90 valence electrons. The maximum absolute atomic E-state index is 12.1. The number of nitrogens with zero attached hydrogens (tertiary/aromatic N) is 2. The quantitative estimate of drug-likeness (QED) is 0.791. The van der Waals surface area contributed by atoms with Crippen molar-refractivity contribution in [1.29, 1.82) is 0 Å². The zero-order valence-corrected chi connectivity index (χ0v) is 10.3. The van der Waals surface area contributed by atoms with Crippen LogP contribution >= 0.6 is 11.3 Å². The van der Waals surface area contributed by atoms with E-state index in [1.807, 2.05) is 5.38 Å². The maximum atomic E-state index is 12.1. The van der Waals surface area contributed by atoms with Gasteiger partial charge in [0.05, 0.1) is 16.1 Å². The van der Waals surface area contributed by atoms with Crippen molar-refractivity contribution in [3.8, 4) is 0 Å². The van der Waals surface area contributed by atoms with Crippen LogP contribution in [-0.2, 0) is 6.42 Å². The van der Waals surface area contributed by atoms with Gasteiger partial charge in [-0.05, 0) is 12.1 Å². The van der Waals surface area contributed by atoms with Gasteiger partial charge in [-0.15, -0.1) is 11.3 Å². The number of carbonyl (C=O) groups is 2. The summed E-state index contributed by atoms with van der Waals surface area (Å²) in [6.07, 6.45) is 2.34. The van der Waals surface area contributed by atoms with Gasteiger partial charge in [-0.2, -0.15) is 0 Å². The number of hydrogen-bond donors (Lipinski definition) is 0. The third-order valence-electron chi connectivity index (χ3n) is 2.91. The molecule has 3 rings (SSSR count). The molecule has 0 N–H and O–H groups in total. The number of rotatable bonds is 3. The van der Waals surface area contributed by atoms with E-state index in [1.54, 1.807) is 30.5 Å². The molecule has 18 heavy (non-hydrogen) atoms. The Bertz CT molecular complexity index is 572. The number of amides is 2. The molecule has 0 unspecified atom stereocenters. The van der Waals surface area contributed by atoms with Crippen molar-refractivity contribution >= 4 is 23.2 Å². The van der Waals surface area contributed by atoms with Gasteiger partial charge < -0.3 is 0 Å². The number of carbonyl (C=O) groups excluding carboxylic acids is 2. The molecule has 1 aliphatic heterocycles. The van der Waals surface area contributed by atoms with Crippen LogP contribution < -0.4 is 0 Å². The first-order valence-corrected chi connectivity index (χ1v) is 6.49. The molecule has 2 aromatic rings. The second-order valence-corrected chi connectivity index (χ2v) is 4.96. The second-order valence-electron chi connectivity index (χ2n) is 3.98. The number of imide groups is 1. The molecule has 0 aliphatic carbocycles. The van der Waals surface area contributed by atoms with Gasteiger partial charge in [0, 0.05) is 24.5 Å². The fraction of sp³-hybridized carbons (Fsp3) is 0.154. The van der Waals surface area contributed by atoms with Gasteiger partial charge in [0.25, 0.3) is 11.8 Å². The van der Waals surface area contributed by atoms with E-state index in [0.29, 0.717) is 24.1 Å². The molecule has 2 heterocycles. The van der Waals surface area contributed by atoms with Crippen LogP contribution in [0.4, 0.5) is 0 Å². The molecule has 0 saturated heterocycles. The molecule has 0 saturated carbocycles. The zero-order chi connectivity index (χ0) is 12.5. The van der Waals surface area contributed by atoms with Gasteiger partial charge in [-0.3, -0.25) is 14.5 Å². The summed E-state index contributed by atoms with van der Waals surface area (Å²) in [6, 6.07) is 6.93. The fourth-order valence-electron chi connectivity index (χ4n) is 2.03. The van der Waals surface area contributed by atoms with Crippen molar-refractivity contribution in [2.45, 2.75) is 6.42 Å². The molecule has 0 bridgehead atoms. The van der Waals surface area contributed by atoms with Gasteiger partial charge in [0.15, 0.2) is 0 Å². The Morgan fingerprint density at radius 1 is 1.11 bits per heavy atom. The summed E-state index contributed by atoms with van der Waals surface area (Å²) < 4.78 is 0. The molecular formula is C13H10N2O2S. The monoisotopic (exact) mass is 258 g/mol. The number of thiazole rings is 1. The average Bonchev–Trinajstić information content (AvgIpc) is 2.98. The highest BCUT2D eigenvalue weighted by Gasteiger charge is 2.34. The van der Waals surface area contributed by atoms with Crippen LogP contribution in [0.3, 0.4) is 0 Å². The molecule has 2 amide bonds. The molecule has 4 nitrogen and oxygen atoms in total. The Morgan fingerprint density at radius 3 is 2.33 bits per heavy atom. The summed E-state index contributed by atoms with van der Waals surface area (Å²) in [5.74, 6) is -0.403. The molecule has 0 spiro atoms. The third kappa shape index (κ3) is 1.73. The van der Waals surface area contributed by atoms with Crippen LogP contribution in [0.25, 0.3) is 0 Å². The van der Waals surface area contributed by atoms with E-state index in [0.717, 1.165) is 5.01 Å². The lowest BCUT2D eigenvalue weighted by Gasteiger charge is -2.12. The predicted octanol–water partition coefficient (Wildman–Crippen LogP) is 1.98. The van der Waals surface area contributed by atoms with Gasteiger partial charge in [-0.25, -0.2) is 4.98 Å². The Balaban J connectivity index is 1.80. The SMILES string of the molecule is O=C1c2ccccc2C(=O)N1CCc1nccs1. The van der Waals surface area contributed by atoms with E-state index in [2.05, 4.69) is 4.98 Å². The van der Waals surface area contributed by atoms with E-state index >= 15 is 0 Å². The van der Waals surface area contributed by atoms with Crippen LogP contribution in [0.1, 0.15) is 25.7 Å². The van der Waals surface area contributed by atoms with Crippen LogP contribution in [0.5, 0.6) is 0 Å². The fourth-order valence-corrected chi connectivity index (χ4v) is 2.64. The van der Waals surface area contributed by atoms with Gasteiger partial charge in [0.1, 0.15) is 0 Å². The first kappa shape index (κ1) is 11.1. The standard InChI is InChI=1S/C13H10N2O2S/c16-12-9-3-1-2-4-10(9)13(17)15(12)7-5-11-14-6-8-18-11/h1-4,6,8H,5,7H2. The van der Waals surface area contributed by atoms with Crippen LogP contribution in [0.2, 0.25) is 0 Å². The van der Waals surface area contributed by atoms with Gasteiger partial charge in [0.2, 0.25) is 0 Å². The van der Waals surface area contributed by atoms with E-state index in [9.17, 15) is 9.59 Å². The third-order valence-corrected chi connectivity index (χ3v) is 3.75. The molecular weight excluding hydrogens is 248 g/mol. The molecule has 1 aromatic carbocycles. The Labute approximate surface area is 108 Å². The summed E-state index contributed by atoms with van der Waals surface area (Å²) in [7, 11) is 0. The van der Waals surface area contributed by atoms with E-state index in [4.69, 9.17) is 0 Å². The minimum atomic E-state index is -0.202. The molecule has 0 atom stereocenters. The first-order valence-electron chi connectivity index (χ1n) is 5.61. The van der Waals surface area contributed by atoms with Crippen molar-refractivity contribution in [1.82, 2.24) is 9.88 Å². The van der Waals surface area contributed by atoms with E-state index in [-0.39, 0.29) is 11.8 Å². The topological polar surface area (TPSA) is 50.3 Å². The zero-order valence-electron chi connectivity index (χ0n) is 9.50. The number of benzene rings is 1. The second kappa shape index (κ2) is 4.34. The Hall–Kier alpha value is -2.01. The largest absolute Gasteiger partial charge is 0.274 e. The molecule has 1 aromatic heterocycles. The van der Waals surface area contributed by atoms with Gasteiger partial charge in [-0.1, -0.05) is 12.1 Å². The van der Waals surface area contributed by atoms with E-state index < -0.39 is 0 Å². The molecule has 5 heteroatoms. The summed E-state index contributed by atoms with van der Waals surface area (Å²) >= 11 is 1.53. The van der Waals surface area contributed by atoms with Crippen molar-refractivity contribution in [2.24, 2.45) is 0 Å². The predicted molar refractivity (Wildman–Crippen MR) is 67.6 cm³/mol. The van der Waals surface area contributed by atoms with Crippen molar-refractivity contribution in [3.63, 3.8) is 0 Å². The first-order chi connectivity index (χ1) is 8.77. The van der Waals surface area contributed by atoms with Gasteiger partial charge >= 0.3 is 0 Å². The highest BCUT2D eigenvalue weighted by molar-refractivity contribution is 7.09. The number of hydrogen-bond acceptors (Lipinski definition) is 4. The lowest BCUT2D eigenvalue weighted by molar-refractivity contribution is 0.0656. The van der Waals surface area contributed by atoms with Crippen molar-refractivity contribution < 1.29 is 9.59 Å². The van der Waals surface area contributed by atoms with Crippen LogP contribution in [0, 0.1) is 0 Å². The van der Waals surface area contributed by atoms with E-state index in [1.165, 1.54) is 16.2 Å². The number of fused-ring (bicyclic) bond motifs is 1. The average molecular weight is 258 g/mol. The number of aromatic nitrogens is 1. The minimum Gasteiger partial charge on any atom is -0.274 e. The summed E-state index contributed by atoms with van der Waals surface area (Å²) in [5.41, 5.74) is 1.00. The van der Waals surface area contributed by atoms with Crippen LogP contribution in [-0.4, -0.2) is 28.2 Å². The Kier molecular flexibility index (Phi) is 2.68. The smallest absolute Gasteiger partial charge is 0.261 e. The highest BCUT2D eigenvalue weighted by Crippen LogP contribution is 2.22. The molecule has 0 radical (unpaired) electrons. The molecule has 1 aliphatic rings. The van der Waals surface area contributed by atoms with Crippen molar-refractivity contribution in [2.75, 3.05) is 6.54 Å². The maximum Gasteiger partial charge on any atom is 0.261 e. The summed E-state index contributed by atoms with van der Waals surface area (Å²) in [5, 5.41) is 2.82.